The minimum atomic E-state index is -0.146. The molecule has 0 aromatic carbocycles. The number of aromatic nitrogens is 3. The van der Waals surface area contributed by atoms with Gasteiger partial charge in [0.15, 0.2) is 5.82 Å². The van der Waals surface area contributed by atoms with Crippen molar-refractivity contribution in [1.82, 2.24) is 15.0 Å². The van der Waals surface area contributed by atoms with E-state index in [1.807, 2.05) is 13.0 Å². The topological polar surface area (TPSA) is 68.1 Å². The molecule has 17 heavy (non-hydrogen) atoms. The van der Waals surface area contributed by atoms with E-state index in [0.29, 0.717) is 17.3 Å². The van der Waals surface area contributed by atoms with Gasteiger partial charge < -0.3 is 9.84 Å². The first-order valence-electron chi connectivity index (χ1n) is 5.25. The van der Waals surface area contributed by atoms with Crippen molar-refractivity contribution in [2.75, 3.05) is 0 Å². The lowest BCUT2D eigenvalue weighted by molar-refractivity contribution is 0.250. The molecular formula is C12H13N3O2. The minimum Gasteiger partial charge on any atom is -0.484 e. The summed E-state index contributed by atoms with van der Waals surface area (Å²) in [6.07, 6.45) is 3.32. The zero-order chi connectivity index (χ0) is 12.1. The number of aliphatic hydroxyl groups is 1. The summed E-state index contributed by atoms with van der Waals surface area (Å²) in [4.78, 5) is 12.3. The fourth-order valence-electron chi connectivity index (χ4n) is 1.39. The molecule has 2 heterocycles. The van der Waals surface area contributed by atoms with Crippen LogP contribution in [-0.4, -0.2) is 20.1 Å². The van der Waals surface area contributed by atoms with Crippen LogP contribution in [0.25, 0.3) is 0 Å². The predicted octanol–water partition coefficient (Wildman–Crippen LogP) is 1.25. The minimum absolute atomic E-state index is 0.146. The van der Waals surface area contributed by atoms with Crippen LogP contribution in [0, 0.1) is 6.92 Å². The largest absolute Gasteiger partial charge is 0.484 e. The highest BCUT2D eigenvalue weighted by Crippen LogP contribution is 2.17. The maximum atomic E-state index is 9.17. The van der Waals surface area contributed by atoms with Crippen molar-refractivity contribution in [3.63, 3.8) is 0 Å². The summed E-state index contributed by atoms with van der Waals surface area (Å²) in [5.74, 6) is 1.16. The SMILES string of the molecule is Cc1ccc(OCc2ncccn2)c(CO)n1. The second-order valence-electron chi connectivity index (χ2n) is 3.51. The van der Waals surface area contributed by atoms with Crippen molar-refractivity contribution in [3.05, 3.63) is 47.8 Å². The highest BCUT2D eigenvalue weighted by atomic mass is 16.5. The van der Waals surface area contributed by atoms with Crippen molar-refractivity contribution in [2.45, 2.75) is 20.1 Å². The Morgan fingerprint density at radius 2 is 2.00 bits per heavy atom. The maximum Gasteiger partial charge on any atom is 0.166 e. The molecular weight excluding hydrogens is 218 g/mol. The number of nitrogens with zero attached hydrogens (tertiary/aromatic N) is 3. The highest BCUT2D eigenvalue weighted by Gasteiger charge is 2.05. The molecule has 5 nitrogen and oxygen atoms in total. The third-order valence-corrected chi connectivity index (χ3v) is 2.20. The molecule has 0 aliphatic carbocycles. The molecule has 0 aliphatic heterocycles. The van der Waals surface area contributed by atoms with Gasteiger partial charge >= 0.3 is 0 Å². The second-order valence-corrected chi connectivity index (χ2v) is 3.51. The maximum absolute atomic E-state index is 9.17. The van der Waals surface area contributed by atoms with Crippen LogP contribution in [0.5, 0.6) is 5.75 Å². The molecule has 2 aromatic rings. The Morgan fingerprint density at radius 1 is 1.24 bits per heavy atom. The lowest BCUT2D eigenvalue weighted by Crippen LogP contribution is -2.04. The number of aliphatic hydroxyl groups excluding tert-OH is 1. The van der Waals surface area contributed by atoms with Crippen molar-refractivity contribution in [2.24, 2.45) is 0 Å². The summed E-state index contributed by atoms with van der Waals surface area (Å²) in [6.45, 7) is 1.98. The molecule has 0 atom stereocenters. The lowest BCUT2D eigenvalue weighted by atomic mass is 10.3. The first kappa shape index (κ1) is 11.5. The van der Waals surface area contributed by atoms with Crippen LogP contribution in [-0.2, 0) is 13.2 Å². The van der Waals surface area contributed by atoms with Crippen LogP contribution in [0.4, 0.5) is 0 Å². The number of hydrogen-bond acceptors (Lipinski definition) is 5. The summed E-state index contributed by atoms with van der Waals surface area (Å²) in [7, 11) is 0. The van der Waals surface area contributed by atoms with E-state index in [1.165, 1.54) is 0 Å². The smallest absolute Gasteiger partial charge is 0.166 e. The van der Waals surface area contributed by atoms with E-state index < -0.39 is 0 Å². The molecule has 1 N–H and O–H groups in total. The van der Waals surface area contributed by atoms with Crippen LogP contribution in [0.3, 0.4) is 0 Å². The molecule has 0 amide bonds. The first-order chi connectivity index (χ1) is 8.29. The monoisotopic (exact) mass is 231 g/mol. The average Bonchev–Trinajstić information content (AvgIpc) is 2.38. The van der Waals surface area contributed by atoms with Crippen molar-refractivity contribution < 1.29 is 9.84 Å². The fourth-order valence-corrected chi connectivity index (χ4v) is 1.39. The predicted molar refractivity (Wildman–Crippen MR) is 61.3 cm³/mol. The second kappa shape index (κ2) is 5.36. The summed E-state index contributed by atoms with van der Waals surface area (Å²) < 4.78 is 5.52. The van der Waals surface area contributed by atoms with Gasteiger partial charge in [-0.05, 0) is 25.1 Å². The fraction of sp³-hybridized carbons (Fsp3) is 0.250. The summed E-state index contributed by atoms with van der Waals surface area (Å²) in [6, 6.07) is 5.37. The highest BCUT2D eigenvalue weighted by molar-refractivity contribution is 5.28. The molecule has 0 bridgehead atoms. The third kappa shape index (κ3) is 2.98. The first-order valence-corrected chi connectivity index (χ1v) is 5.25. The van der Waals surface area contributed by atoms with Gasteiger partial charge in [0.05, 0.1) is 6.61 Å². The van der Waals surface area contributed by atoms with Gasteiger partial charge in [-0.2, -0.15) is 0 Å². The Labute approximate surface area is 99.2 Å². The van der Waals surface area contributed by atoms with E-state index in [9.17, 15) is 0 Å². The quantitative estimate of drug-likeness (QED) is 0.857. The van der Waals surface area contributed by atoms with Crippen molar-refractivity contribution in [3.8, 4) is 5.75 Å². The normalized spacial score (nSPS) is 10.2. The number of ether oxygens (including phenoxy) is 1. The van der Waals surface area contributed by atoms with Crippen LogP contribution in [0.15, 0.2) is 30.6 Å². The molecule has 0 unspecified atom stereocenters. The zero-order valence-electron chi connectivity index (χ0n) is 9.50. The molecule has 0 fully saturated rings. The summed E-state index contributed by atoms with van der Waals surface area (Å²) in [5.41, 5.74) is 1.37. The van der Waals surface area contributed by atoms with E-state index >= 15 is 0 Å². The Balaban J connectivity index is 2.09. The molecule has 2 aromatic heterocycles. The van der Waals surface area contributed by atoms with Crippen LogP contribution in [0.2, 0.25) is 0 Å². The third-order valence-electron chi connectivity index (χ3n) is 2.20. The Kier molecular flexibility index (Phi) is 3.62. The molecule has 88 valence electrons. The van der Waals surface area contributed by atoms with E-state index in [4.69, 9.17) is 9.84 Å². The van der Waals surface area contributed by atoms with E-state index in [0.717, 1.165) is 5.69 Å². The van der Waals surface area contributed by atoms with E-state index in [1.54, 1.807) is 24.5 Å². The number of aryl methyl sites for hydroxylation is 1. The van der Waals surface area contributed by atoms with Crippen LogP contribution < -0.4 is 4.74 Å². The molecule has 0 radical (unpaired) electrons. The molecule has 0 spiro atoms. The van der Waals surface area contributed by atoms with Gasteiger partial charge in [0.1, 0.15) is 18.1 Å². The van der Waals surface area contributed by atoms with Gasteiger partial charge in [-0.25, -0.2) is 9.97 Å². The number of pyridine rings is 1. The van der Waals surface area contributed by atoms with E-state index in [-0.39, 0.29) is 13.2 Å². The number of rotatable bonds is 4. The van der Waals surface area contributed by atoms with Gasteiger partial charge in [0.2, 0.25) is 0 Å². The van der Waals surface area contributed by atoms with Gasteiger partial charge in [-0.1, -0.05) is 0 Å². The van der Waals surface area contributed by atoms with Gasteiger partial charge in [-0.15, -0.1) is 0 Å². The Hall–Kier alpha value is -2.01. The van der Waals surface area contributed by atoms with Crippen LogP contribution >= 0.6 is 0 Å². The van der Waals surface area contributed by atoms with Crippen molar-refractivity contribution in [1.29, 1.82) is 0 Å². The summed E-state index contributed by atoms with van der Waals surface area (Å²) in [5, 5.41) is 9.17. The summed E-state index contributed by atoms with van der Waals surface area (Å²) >= 11 is 0. The van der Waals surface area contributed by atoms with Crippen molar-refractivity contribution >= 4 is 0 Å². The Morgan fingerprint density at radius 3 is 2.71 bits per heavy atom. The lowest BCUT2D eigenvalue weighted by Gasteiger charge is -2.09. The molecule has 2 rings (SSSR count). The standard InChI is InChI=1S/C12H13N3O2/c1-9-3-4-11(10(7-16)15-9)17-8-12-13-5-2-6-14-12/h2-6,16H,7-8H2,1H3. The molecule has 0 saturated carbocycles. The molecule has 5 heteroatoms. The number of hydrogen-bond donors (Lipinski definition) is 1. The van der Waals surface area contributed by atoms with Gasteiger partial charge in [-0.3, -0.25) is 4.98 Å². The Bertz CT molecular complexity index is 488. The van der Waals surface area contributed by atoms with Crippen LogP contribution in [0.1, 0.15) is 17.2 Å². The zero-order valence-corrected chi connectivity index (χ0v) is 9.50. The van der Waals surface area contributed by atoms with Gasteiger partial charge in [0, 0.05) is 18.1 Å². The molecule has 0 aliphatic rings. The molecule has 0 saturated heterocycles. The van der Waals surface area contributed by atoms with Gasteiger partial charge in [0.25, 0.3) is 0 Å². The van der Waals surface area contributed by atoms with E-state index in [2.05, 4.69) is 15.0 Å². The average molecular weight is 231 g/mol.